The maximum absolute atomic E-state index is 12.2. The standard InChI is InChI=1S/C14H18N4O6S/c1-7-13(8(2)18-17-7)25(23,24)16-4-3-15-14(22)9-5-10(19)12(21)11(20)6-9/h5-6,16,19-21H,3-4H2,1-2H3,(H,15,22)(H,17,18). The summed E-state index contributed by atoms with van der Waals surface area (Å²) in [5.74, 6) is -2.66. The van der Waals surface area contributed by atoms with Gasteiger partial charge < -0.3 is 20.6 Å². The second-order valence-corrected chi connectivity index (χ2v) is 6.98. The quantitative estimate of drug-likeness (QED) is 0.304. The maximum Gasteiger partial charge on any atom is 0.251 e. The number of H-pyrrole nitrogens is 1. The molecular formula is C14H18N4O6S. The first-order valence-corrected chi connectivity index (χ1v) is 8.66. The normalized spacial score (nSPS) is 11.4. The summed E-state index contributed by atoms with van der Waals surface area (Å²) in [5, 5.41) is 36.8. The molecule has 10 nitrogen and oxygen atoms in total. The highest BCUT2D eigenvalue weighted by Gasteiger charge is 2.21. The fourth-order valence-electron chi connectivity index (χ4n) is 2.21. The molecule has 0 saturated heterocycles. The zero-order chi connectivity index (χ0) is 18.8. The Morgan fingerprint density at radius 1 is 1.16 bits per heavy atom. The maximum atomic E-state index is 12.2. The molecule has 1 aromatic carbocycles. The summed E-state index contributed by atoms with van der Waals surface area (Å²) in [7, 11) is -3.77. The topological polar surface area (TPSA) is 165 Å². The van der Waals surface area contributed by atoms with Crippen LogP contribution in [0.1, 0.15) is 21.7 Å². The summed E-state index contributed by atoms with van der Waals surface area (Å²) in [6, 6.07) is 1.96. The molecule has 25 heavy (non-hydrogen) atoms. The Morgan fingerprint density at radius 3 is 2.28 bits per heavy atom. The average molecular weight is 370 g/mol. The second kappa shape index (κ2) is 6.99. The number of carbonyl (C=O) groups excluding carboxylic acids is 1. The minimum Gasteiger partial charge on any atom is -0.504 e. The third kappa shape index (κ3) is 4.00. The van der Waals surface area contributed by atoms with Gasteiger partial charge in [-0.1, -0.05) is 0 Å². The molecule has 0 unspecified atom stereocenters. The predicted octanol–water partition coefficient (Wildman–Crippen LogP) is -0.148. The van der Waals surface area contributed by atoms with E-state index in [0.29, 0.717) is 11.4 Å². The van der Waals surface area contributed by atoms with E-state index in [2.05, 4.69) is 20.2 Å². The third-order valence-corrected chi connectivity index (χ3v) is 5.09. The van der Waals surface area contributed by atoms with E-state index in [0.717, 1.165) is 12.1 Å². The van der Waals surface area contributed by atoms with Crippen molar-refractivity contribution in [3.8, 4) is 17.2 Å². The molecule has 2 rings (SSSR count). The SMILES string of the molecule is Cc1n[nH]c(C)c1S(=O)(=O)NCCNC(=O)c1cc(O)c(O)c(O)c1. The van der Waals surface area contributed by atoms with Crippen LogP contribution in [0.25, 0.3) is 0 Å². The summed E-state index contributed by atoms with van der Waals surface area (Å²) in [5.41, 5.74) is 0.658. The number of sulfonamides is 1. The van der Waals surface area contributed by atoms with Crippen molar-refractivity contribution >= 4 is 15.9 Å². The summed E-state index contributed by atoms with van der Waals surface area (Å²) in [4.78, 5) is 12.0. The predicted molar refractivity (Wildman–Crippen MR) is 87.0 cm³/mol. The number of aromatic nitrogens is 2. The largest absolute Gasteiger partial charge is 0.504 e. The molecule has 0 bridgehead atoms. The van der Waals surface area contributed by atoms with Crippen molar-refractivity contribution in [2.75, 3.05) is 13.1 Å². The fraction of sp³-hybridized carbons (Fsp3) is 0.286. The summed E-state index contributed by atoms with van der Waals surface area (Å²) >= 11 is 0. The van der Waals surface area contributed by atoms with Crippen molar-refractivity contribution in [1.82, 2.24) is 20.2 Å². The molecule has 0 aliphatic heterocycles. The number of nitrogens with one attached hydrogen (secondary N) is 3. The smallest absolute Gasteiger partial charge is 0.251 e. The zero-order valence-corrected chi connectivity index (χ0v) is 14.3. The van der Waals surface area contributed by atoms with Gasteiger partial charge in [-0.2, -0.15) is 5.10 Å². The highest BCUT2D eigenvalue weighted by molar-refractivity contribution is 7.89. The van der Waals surface area contributed by atoms with E-state index in [-0.39, 0.29) is 23.5 Å². The van der Waals surface area contributed by atoms with E-state index < -0.39 is 33.2 Å². The van der Waals surface area contributed by atoms with Crippen molar-refractivity contribution in [2.24, 2.45) is 0 Å². The number of benzene rings is 1. The third-order valence-electron chi connectivity index (χ3n) is 3.36. The van der Waals surface area contributed by atoms with Crippen molar-refractivity contribution in [2.45, 2.75) is 18.7 Å². The number of phenolic OH excluding ortho intramolecular Hbond substituents is 3. The van der Waals surface area contributed by atoms with Gasteiger partial charge in [0.25, 0.3) is 5.91 Å². The number of hydrogen-bond acceptors (Lipinski definition) is 7. The number of hydrogen-bond donors (Lipinski definition) is 6. The lowest BCUT2D eigenvalue weighted by Crippen LogP contribution is -2.35. The second-order valence-electron chi connectivity index (χ2n) is 5.28. The van der Waals surface area contributed by atoms with Crippen molar-refractivity contribution in [1.29, 1.82) is 0 Å². The average Bonchev–Trinajstić information content (AvgIpc) is 2.88. The number of aryl methyl sites for hydroxylation is 2. The van der Waals surface area contributed by atoms with Crippen LogP contribution in [0.15, 0.2) is 17.0 Å². The molecule has 0 aliphatic carbocycles. The number of carbonyl (C=O) groups is 1. The number of aromatic hydroxyl groups is 3. The van der Waals surface area contributed by atoms with E-state index >= 15 is 0 Å². The Morgan fingerprint density at radius 2 is 1.76 bits per heavy atom. The minimum atomic E-state index is -3.77. The minimum absolute atomic E-state index is 0.0313. The van der Waals surface area contributed by atoms with Gasteiger partial charge in [-0.15, -0.1) is 0 Å². The van der Waals surface area contributed by atoms with Gasteiger partial charge in [0, 0.05) is 18.7 Å². The van der Waals surface area contributed by atoms with E-state index in [4.69, 9.17) is 0 Å². The molecule has 2 aromatic rings. The van der Waals surface area contributed by atoms with Gasteiger partial charge in [-0.25, -0.2) is 13.1 Å². The van der Waals surface area contributed by atoms with Crippen LogP contribution in [0.4, 0.5) is 0 Å². The molecule has 1 amide bonds. The Kier molecular flexibility index (Phi) is 5.18. The van der Waals surface area contributed by atoms with Crippen LogP contribution in [-0.4, -0.2) is 52.9 Å². The summed E-state index contributed by atoms with van der Waals surface area (Å²) < 4.78 is 26.7. The van der Waals surface area contributed by atoms with E-state index in [1.54, 1.807) is 13.8 Å². The van der Waals surface area contributed by atoms with Crippen LogP contribution in [0.2, 0.25) is 0 Å². The molecule has 0 fully saturated rings. The monoisotopic (exact) mass is 370 g/mol. The van der Waals surface area contributed by atoms with E-state index in [1.165, 1.54) is 0 Å². The van der Waals surface area contributed by atoms with Crippen LogP contribution in [0.3, 0.4) is 0 Å². The lowest BCUT2D eigenvalue weighted by molar-refractivity contribution is 0.0953. The van der Waals surface area contributed by atoms with Crippen molar-refractivity contribution in [3.05, 3.63) is 29.1 Å². The first kappa shape index (κ1) is 18.5. The Balaban J connectivity index is 1.94. The number of nitrogens with zero attached hydrogens (tertiary/aromatic N) is 1. The van der Waals surface area contributed by atoms with Crippen LogP contribution in [-0.2, 0) is 10.0 Å². The van der Waals surface area contributed by atoms with Gasteiger partial charge >= 0.3 is 0 Å². The first-order chi connectivity index (χ1) is 11.6. The summed E-state index contributed by atoms with van der Waals surface area (Å²) in [6.45, 7) is 3.04. The number of phenols is 3. The van der Waals surface area contributed by atoms with Gasteiger partial charge in [0.15, 0.2) is 17.2 Å². The lowest BCUT2D eigenvalue weighted by atomic mass is 10.1. The van der Waals surface area contributed by atoms with E-state index in [9.17, 15) is 28.5 Å². The van der Waals surface area contributed by atoms with Gasteiger partial charge in [-0.3, -0.25) is 9.89 Å². The molecule has 0 aliphatic rings. The van der Waals surface area contributed by atoms with Crippen LogP contribution >= 0.6 is 0 Å². The highest BCUT2D eigenvalue weighted by Crippen LogP contribution is 2.35. The lowest BCUT2D eigenvalue weighted by Gasteiger charge is -2.09. The fourth-order valence-corrected chi connectivity index (χ4v) is 3.61. The molecule has 136 valence electrons. The number of aromatic amines is 1. The molecule has 11 heteroatoms. The molecular weight excluding hydrogens is 352 g/mol. The van der Waals surface area contributed by atoms with Crippen molar-refractivity contribution < 1.29 is 28.5 Å². The Labute approximate surface area is 143 Å². The Hall–Kier alpha value is -2.79. The van der Waals surface area contributed by atoms with Crippen molar-refractivity contribution in [3.63, 3.8) is 0 Å². The van der Waals surface area contributed by atoms with Crippen LogP contribution in [0, 0.1) is 13.8 Å². The van der Waals surface area contributed by atoms with E-state index in [1.807, 2.05) is 0 Å². The highest BCUT2D eigenvalue weighted by atomic mass is 32.2. The first-order valence-electron chi connectivity index (χ1n) is 7.18. The molecule has 1 aromatic heterocycles. The summed E-state index contributed by atoms with van der Waals surface area (Å²) in [6.07, 6.45) is 0. The van der Waals surface area contributed by atoms with Gasteiger partial charge in [-0.05, 0) is 26.0 Å². The van der Waals surface area contributed by atoms with Crippen LogP contribution < -0.4 is 10.0 Å². The number of amides is 1. The van der Waals surface area contributed by atoms with Crippen LogP contribution in [0.5, 0.6) is 17.2 Å². The zero-order valence-electron chi connectivity index (χ0n) is 13.5. The molecule has 0 radical (unpaired) electrons. The van der Waals surface area contributed by atoms with Gasteiger partial charge in [0.1, 0.15) is 4.90 Å². The molecule has 0 saturated carbocycles. The van der Waals surface area contributed by atoms with Gasteiger partial charge in [0.2, 0.25) is 10.0 Å². The molecule has 1 heterocycles. The molecule has 6 N–H and O–H groups in total. The van der Waals surface area contributed by atoms with Gasteiger partial charge in [0.05, 0.1) is 11.4 Å². The number of rotatable bonds is 6. The molecule has 0 atom stereocenters. The Bertz CT molecular complexity index is 864. The molecule has 0 spiro atoms.